The third kappa shape index (κ3) is 3.35. The Morgan fingerprint density at radius 2 is 2.00 bits per heavy atom. The highest BCUT2D eigenvalue weighted by atomic mass is 79.9. The maximum Gasteiger partial charge on any atom is 0.145 e. The van der Waals surface area contributed by atoms with Crippen LogP contribution in [0.3, 0.4) is 0 Å². The second-order valence-corrected chi connectivity index (χ2v) is 4.90. The summed E-state index contributed by atoms with van der Waals surface area (Å²) >= 11 is 9.40. The van der Waals surface area contributed by atoms with Gasteiger partial charge in [0.25, 0.3) is 0 Å². The van der Waals surface area contributed by atoms with Crippen LogP contribution in [0.15, 0.2) is 41.0 Å². The van der Waals surface area contributed by atoms with Gasteiger partial charge in [0.05, 0.1) is 16.9 Å². The van der Waals surface area contributed by atoms with Crippen LogP contribution in [-0.4, -0.2) is 4.98 Å². The summed E-state index contributed by atoms with van der Waals surface area (Å²) in [5.74, 6) is 0.642. The number of halogens is 2. The van der Waals surface area contributed by atoms with Gasteiger partial charge in [-0.2, -0.15) is 0 Å². The standard InChI is InChI=1S/C12H11BrClN3/c13-9-3-1-8(2-4-9)6-16-12-11(14)5-10(15)7-17-12/h1-5,7H,6,15H2,(H,16,17). The molecule has 0 unspecified atom stereocenters. The van der Waals surface area contributed by atoms with Crippen molar-refractivity contribution in [2.24, 2.45) is 0 Å². The van der Waals surface area contributed by atoms with Gasteiger partial charge in [-0.25, -0.2) is 4.98 Å². The van der Waals surface area contributed by atoms with Gasteiger partial charge in [-0.05, 0) is 23.8 Å². The number of pyridine rings is 1. The quantitative estimate of drug-likeness (QED) is 0.908. The number of nitrogens with two attached hydrogens (primary N) is 1. The second-order valence-electron chi connectivity index (χ2n) is 3.58. The van der Waals surface area contributed by atoms with E-state index in [1.807, 2.05) is 24.3 Å². The predicted molar refractivity (Wildman–Crippen MR) is 75.1 cm³/mol. The van der Waals surface area contributed by atoms with Crippen molar-refractivity contribution in [2.75, 3.05) is 11.1 Å². The molecule has 2 rings (SSSR count). The van der Waals surface area contributed by atoms with Gasteiger partial charge in [0.2, 0.25) is 0 Å². The van der Waals surface area contributed by atoms with E-state index in [4.69, 9.17) is 17.3 Å². The number of hydrogen-bond acceptors (Lipinski definition) is 3. The molecule has 0 aliphatic rings. The van der Waals surface area contributed by atoms with Crippen molar-refractivity contribution in [3.63, 3.8) is 0 Å². The molecule has 0 amide bonds. The average Bonchev–Trinajstić information content (AvgIpc) is 2.30. The number of anilines is 2. The summed E-state index contributed by atoms with van der Waals surface area (Å²) in [4.78, 5) is 4.13. The smallest absolute Gasteiger partial charge is 0.145 e. The van der Waals surface area contributed by atoms with E-state index in [1.54, 1.807) is 12.3 Å². The Morgan fingerprint density at radius 3 is 2.65 bits per heavy atom. The number of nitrogen functional groups attached to an aromatic ring is 1. The summed E-state index contributed by atoms with van der Waals surface area (Å²) < 4.78 is 1.06. The maximum atomic E-state index is 6.01. The fourth-order valence-corrected chi connectivity index (χ4v) is 1.88. The molecule has 0 aliphatic heterocycles. The monoisotopic (exact) mass is 311 g/mol. The first-order chi connectivity index (χ1) is 8.15. The molecule has 3 nitrogen and oxygen atoms in total. The number of rotatable bonds is 3. The first-order valence-corrected chi connectivity index (χ1v) is 6.21. The lowest BCUT2D eigenvalue weighted by Gasteiger charge is -2.07. The Bertz CT molecular complexity index is 514. The fraction of sp³-hybridized carbons (Fsp3) is 0.0833. The third-order valence-electron chi connectivity index (χ3n) is 2.24. The van der Waals surface area contributed by atoms with Crippen LogP contribution >= 0.6 is 27.5 Å². The van der Waals surface area contributed by atoms with E-state index in [1.165, 1.54) is 0 Å². The van der Waals surface area contributed by atoms with Gasteiger partial charge < -0.3 is 11.1 Å². The van der Waals surface area contributed by atoms with Crippen LogP contribution in [0.4, 0.5) is 11.5 Å². The molecule has 17 heavy (non-hydrogen) atoms. The van der Waals surface area contributed by atoms with E-state index in [9.17, 15) is 0 Å². The molecule has 5 heteroatoms. The fourth-order valence-electron chi connectivity index (χ4n) is 1.37. The van der Waals surface area contributed by atoms with Crippen molar-refractivity contribution in [1.29, 1.82) is 0 Å². The van der Waals surface area contributed by atoms with Gasteiger partial charge in [0.15, 0.2) is 0 Å². The van der Waals surface area contributed by atoms with Crippen molar-refractivity contribution in [1.82, 2.24) is 4.98 Å². The molecule has 0 radical (unpaired) electrons. The van der Waals surface area contributed by atoms with Gasteiger partial charge >= 0.3 is 0 Å². The van der Waals surface area contributed by atoms with Gasteiger partial charge in [-0.3, -0.25) is 0 Å². The zero-order valence-electron chi connectivity index (χ0n) is 8.95. The highest BCUT2D eigenvalue weighted by Crippen LogP contribution is 2.21. The molecule has 0 fully saturated rings. The van der Waals surface area contributed by atoms with Gasteiger partial charge in [-0.1, -0.05) is 39.7 Å². The normalized spacial score (nSPS) is 10.2. The largest absolute Gasteiger partial charge is 0.397 e. The zero-order valence-corrected chi connectivity index (χ0v) is 11.3. The van der Waals surface area contributed by atoms with Crippen LogP contribution in [0.25, 0.3) is 0 Å². The molecule has 0 atom stereocenters. The second kappa shape index (κ2) is 5.38. The van der Waals surface area contributed by atoms with Crippen LogP contribution in [0.5, 0.6) is 0 Å². The summed E-state index contributed by atoms with van der Waals surface area (Å²) in [7, 11) is 0. The van der Waals surface area contributed by atoms with E-state index in [2.05, 4.69) is 26.2 Å². The van der Waals surface area contributed by atoms with Crippen LogP contribution in [0.2, 0.25) is 5.02 Å². The lowest BCUT2D eigenvalue weighted by Crippen LogP contribution is -2.02. The molecular formula is C12H11BrClN3. The Hall–Kier alpha value is -1.26. The Balaban J connectivity index is 2.04. The van der Waals surface area contributed by atoms with Gasteiger partial charge in [0.1, 0.15) is 5.82 Å². The van der Waals surface area contributed by atoms with Crippen LogP contribution < -0.4 is 11.1 Å². The maximum absolute atomic E-state index is 6.01. The summed E-state index contributed by atoms with van der Waals surface area (Å²) in [6.45, 7) is 0.671. The van der Waals surface area contributed by atoms with Crippen LogP contribution in [0.1, 0.15) is 5.56 Å². The van der Waals surface area contributed by atoms with E-state index in [0.29, 0.717) is 23.1 Å². The molecule has 0 saturated heterocycles. The summed E-state index contributed by atoms with van der Waals surface area (Å²) in [5.41, 5.74) is 7.29. The highest BCUT2D eigenvalue weighted by Gasteiger charge is 2.01. The number of benzene rings is 1. The molecule has 1 heterocycles. The summed E-state index contributed by atoms with van der Waals surface area (Å²) in [6.07, 6.45) is 1.58. The van der Waals surface area contributed by atoms with Gasteiger partial charge in [-0.15, -0.1) is 0 Å². The average molecular weight is 313 g/mol. The van der Waals surface area contributed by atoms with Crippen molar-refractivity contribution in [3.05, 3.63) is 51.6 Å². The van der Waals surface area contributed by atoms with Gasteiger partial charge in [0, 0.05) is 11.0 Å². The topological polar surface area (TPSA) is 50.9 Å². The lowest BCUT2D eigenvalue weighted by molar-refractivity contribution is 1.11. The first-order valence-electron chi connectivity index (χ1n) is 5.04. The third-order valence-corrected chi connectivity index (χ3v) is 3.05. The molecule has 0 saturated carbocycles. The predicted octanol–water partition coefficient (Wildman–Crippen LogP) is 3.69. The minimum Gasteiger partial charge on any atom is -0.397 e. The number of nitrogens with one attached hydrogen (secondary N) is 1. The lowest BCUT2D eigenvalue weighted by atomic mass is 10.2. The Kier molecular flexibility index (Phi) is 3.86. The molecular weight excluding hydrogens is 302 g/mol. The van der Waals surface area contributed by atoms with Crippen molar-refractivity contribution in [3.8, 4) is 0 Å². The van der Waals surface area contributed by atoms with Crippen molar-refractivity contribution in [2.45, 2.75) is 6.54 Å². The number of aromatic nitrogens is 1. The van der Waals surface area contributed by atoms with E-state index in [-0.39, 0.29) is 0 Å². The minimum absolute atomic E-state index is 0.530. The van der Waals surface area contributed by atoms with E-state index >= 15 is 0 Å². The molecule has 1 aromatic heterocycles. The SMILES string of the molecule is Nc1cnc(NCc2ccc(Br)cc2)c(Cl)c1. The van der Waals surface area contributed by atoms with E-state index in [0.717, 1.165) is 10.0 Å². The first kappa shape index (κ1) is 12.2. The number of hydrogen-bond donors (Lipinski definition) is 2. The minimum atomic E-state index is 0.530. The number of nitrogens with zero attached hydrogens (tertiary/aromatic N) is 1. The highest BCUT2D eigenvalue weighted by molar-refractivity contribution is 9.10. The summed E-state index contributed by atoms with van der Waals surface area (Å²) in [5, 5.41) is 3.69. The van der Waals surface area contributed by atoms with Crippen LogP contribution in [-0.2, 0) is 6.54 Å². The zero-order chi connectivity index (χ0) is 12.3. The molecule has 88 valence electrons. The molecule has 0 bridgehead atoms. The molecule has 0 spiro atoms. The van der Waals surface area contributed by atoms with Crippen molar-refractivity contribution < 1.29 is 0 Å². The Labute approximate surface area is 113 Å². The molecule has 1 aromatic carbocycles. The van der Waals surface area contributed by atoms with Crippen LogP contribution in [0, 0.1) is 0 Å². The molecule has 2 aromatic rings. The molecule has 0 aliphatic carbocycles. The van der Waals surface area contributed by atoms with E-state index < -0.39 is 0 Å². The summed E-state index contributed by atoms with van der Waals surface area (Å²) in [6, 6.07) is 9.73. The molecule has 3 N–H and O–H groups in total. The van der Waals surface area contributed by atoms with Crippen molar-refractivity contribution >= 4 is 39.0 Å². The Morgan fingerprint density at radius 1 is 1.29 bits per heavy atom.